The minimum absolute atomic E-state index is 0.00190. The van der Waals surface area contributed by atoms with Crippen LogP contribution >= 0.6 is 76.2 Å². The number of ether oxygens (including phenoxy) is 5. The van der Waals surface area contributed by atoms with Crippen LogP contribution in [0.1, 0.15) is 35.7 Å². The van der Waals surface area contributed by atoms with Crippen LogP contribution in [0.4, 0.5) is 43.7 Å². The zero-order valence-corrected chi connectivity index (χ0v) is 80.0. The van der Waals surface area contributed by atoms with Gasteiger partial charge in [0, 0.05) is 18.6 Å². The molecule has 0 amide bonds. The number of H-pyrrole nitrogens is 3. The number of aromatic nitrogens is 21. The summed E-state index contributed by atoms with van der Waals surface area (Å²) in [5, 5.41) is 30.2. The number of rotatable bonds is 6. The molecule has 23 N–H and O–H groups in total. The van der Waals surface area contributed by atoms with Crippen molar-refractivity contribution in [1.82, 2.24) is 102 Å². The van der Waals surface area contributed by atoms with Crippen molar-refractivity contribution in [3.8, 4) is 0 Å². The Morgan fingerprint density at radius 1 is 0.412 bits per heavy atom. The Bertz CT molecular complexity index is 6970. The monoisotopic (exact) mass is 2160 g/mol. The highest BCUT2D eigenvalue weighted by Gasteiger charge is 2.66. The maximum atomic E-state index is 16.1. The van der Waals surface area contributed by atoms with E-state index in [0.717, 1.165) is 23.5 Å². The van der Waals surface area contributed by atoms with Crippen LogP contribution in [-0.2, 0) is 142 Å². The highest BCUT2D eigenvalue weighted by Crippen LogP contribution is 2.64. The van der Waals surface area contributed by atoms with Crippen molar-refractivity contribution >= 4 is 237 Å². The molecule has 30 atom stereocenters. The highest BCUT2D eigenvalue weighted by molar-refractivity contribution is 8.44. The van der Waals surface area contributed by atoms with Gasteiger partial charge in [-0.2, -0.15) is 15.0 Å². The number of nitrogen functional groups attached to an aromatic ring is 6. The van der Waals surface area contributed by atoms with Crippen LogP contribution in [0.5, 0.6) is 0 Å². The molecule has 10 aliphatic rings. The molecule has 0 aromatic carbocycles. The Balaban J connectivity index is 0.000000126. The lowest BCUT2D eigenvalue weighted by molar-refractivity contribution is -0.183. The van der Waals surface area contributed by atoms with Gasteiger partial charge in [-0.15, -0.1) is 23.5 Å². The van der Waals surface area contributed by atoms with Gasteiger partial charge in [-0.3, -0.25) is 88.4 Å². The van der Waals surface area contributed by atoms with E-state index in [2.05, 4.69) is 87.0 Å². The van der Waals surface area contributed by atoms with E-state index < -0.39 is 234 Å². The first-order valence-electron chi connectivity index (χ1n) is 39.7. The fraction of sp³-hybridized carbons (Fsp3) is 0.484. The molecule has 72 heteroatoms. The van der Waals surface area contributed by atoms with Crippen LogP contribution in [0.2, 0.25) is 0 Å². The molecule has 12 aromatic heterocycles. The predicted octanol–water partition coefficient (Wildman–Crippen LogP) is 0.106. The van der Waals surface area contributed by atoms with Crippen LogP contribution in [0, 0.1) is 0 Å². The Hall–Kier alpha value is -6.90. The minimum atomic E-state index is -4.32. The number of alkyl halides is 2. The van der Waals surface area contributed by atoms with Crippen LogP contribution in [0.25, 0.3) is 67.0 Å². The van der Waals surface area contributed by atoms with Crippen molar-refractivity contribution in [3.05, 3.63) is 106 Å². The van der Waals surface area contributed by atoms with Gasteiger partial charge in [0.2, 0.25) is 17.8 Å². The largest absolute Gasteiger partial charge is 0.397 e. The Kier molecular flexibility index (Phi) is 25.9. The van der Waals surface area contributed by atoms with Gasteiger partial charge in [-0.25, -0.2) is 58.2 Å². The molecule has 56 nitrogen and oxygen atoms in total. The molecule has 10 aliphatic heterocycles. The average molecular weight is 2160 g/mol. The lowest BCUT2D eigenvalue weighted by Crippen LogP contribution is -2.45. The van der Waals surface area contributed by atoms with Crippen molar-refractivity contribution in [2.45, 2.75) is 143 Å². The number of pyridine rings is 3. The van der Waals surface area contributed by atoms with Gasteiger partial charge < -0.3 is 120 Å². The van der Waals surface area contributed by atoms with Gasteiger partial charge in [0.05, 0.1) is 124 Å². The zero-order chi connectivity index (χ0) is 95.8. The second-order valence-corrected chi connectivity index (χ2v) is 51.0. The number of aliphatic hydroxyl groups is 3. The number of imidazole rings is 6. The second kappa shape index (κ2) is 36.5. The number of nitrogens with zero attached hydrogens (tertiary/aromatic N) is 18. The molecule has 22 rings (SSSR count). The molecule has 0 spiro atoms. The third-order valence-electron chi connectivity index (χ3n) is 22.9. The minimum Gasteiger partial charge on any atom is -0.397 e. The Morgan fingerprint density at radius 2 is 0.765 bits per heavy atom. The summed E-state index contributed by atoms with van der Waals surface area (Å²) in [7, 11) is 0. The molecule has 0 saturated carbocycles. The molecule has 8 unspecified atom stereocenters. The smallest absolute Gasteiger partial charge is 0.386 e. The first-order valence-corrected chi connectivity index (χ1v) is 57.2. The number of thiol groups is 1. The molecule has 730 valence electrons. The van der Waals surface area contributed by atoms with Crippen LogP contribution in [-0.4, -0.2) is 296 Å². The predicted molar refractivity (Wildman–Crippen MR) is 491 cm³/mol. The molecule has 12 aromatic rings. The number of aliphatic hydroxyl groups excluding tert-OH is 3. The Labute approximate surface area is 795 Å². The number of nitrogens with two attached hydrogens (primary N) is 6. The number of fused-ring (bicyclic) bond motifs is 14. The van der Waals surface area contributed by atoms with Crippen molar-refractivity contribution in [3.63, 3.8) is 0 Å². The van der Waals surface area contributed by atoms with Crippen LogP contribution in [0.3, 0.4) is 0 Å². The standard InChI is InChI=1S/C22H25N9O11P2S2.2C21H24FN9O9P2S3/c23-8-1-2-25-16-10(8)26-6-30(16)20-14-15-22(40-20,4-36-14)5-38-44(35,46)41-13-12(32)9(3-37-43(34,45)42-15)39-19(13)31-7-27-11-17(31)28-21(24)29-18(11)33;2*22-10-14-8(38-19(10)30-5-26-11-7(23)1-2-25-16(11)30)3-36-41(34,43)40-15-13(32)9(4-37-42(35,44)39-14)45-20(15)31-6-27-12-17(31)28-21(24)29-18(12)33/h1-2,6-7,9,12-15,19-20,32H,3-5H2,(H2,23,25)(H,34,45)(H,35,46)(H3,24,28,29,33);2*1-2,5-6,8-10,13-15,19-20,32H,3-4H2,(H2,23,25)(H,34,43)(H,35,44)(H3,24,28,29,33)/t9-,12?,13+,14+,15?,19-,20-,22-,43?,44?;2*8-,9-,10+,13-,14-,15-,19-,20-,41?,42?/m111/s1. The van der Waals surface area contributed by atoms with E-state index in [-0.39, 0.29) is 75.8 Å². The number of aromatic amines is 3. The summed E-state index contributed by atoms with van der Waals surface area (Å²) >= 11 is 32.7. The summed E-state index contributed by atoms with van der Waals surface area (Å²) in [5.74, 6) is -0.557. The number of halogens is 2. The first-order chi connectivity index (χ1) is 64.5. The van der Waals surface area contributed by atoms with Crippen molar-refractivity contribution < 1.29 is 131 Å². The van der Waals surface area contributed by atoms with Crippen molar-refractivity contribution in [2.24, 2.45) is 0 Å². The van der Waals surface area contributed by atoms with E-state index in [9.17, 15) is 58.7 Å². The number of nitrogens with one attached hydrogen (secondary N) is 3. The molecule has 0 aliphatic carbocycles. The van der Waals surface area contributed by atoms with Gasteiger partial charge >= 0.3 is 40.4 Å². The maximum Gasteiger partial charge on any atom is 0.386 e. The lowest BCUT2D eigenvalue weighted by atomic mass is 10.0. The van der Waals surface area contributed by atoms with Crippen molar-refractivity contribution in [1.29, 1.82) is 0 Å². The molecule has 136 heavy (non-hydrogen) atoms. The van der Waals surface area contributed by atoms with E-state index in [0.29, 0.717) is 39.3 Å². The highest BCUT2D eigenvalue weighted by atomic mass is 32.7. The molecular formula is C64H73F2N27O29P6S8. The average Bonchev–Trinajstić information content (AvgIpc) is 1.55. The molecule has 22 heterocycles. The summed E-state index contributed by atoms with van der Waals surface area (Å²) in [5.41, 5.74) is 34.9. The SMILES string of the molecule is Nc1nc2c(ncn2[C@@H]2O[C@@H]3COP(O)(=S)OC4[C@@H]5OC[C@]4(COP(O)(=S)O[C@H]2C3O)O[C@H]5n2cnc3c(N)ccnc32)c(=O)[nH]1.Nc1nc2c(ncn2[C@@H]2S[C@@H]3COP(=O)(S)O[C@H]4[C@H](F)[C@H](n5cnc6c(N)ccnc65)O[C@@H]4COP(O)(=S)O[C@@H]2[C@@H]3O)c(=O)[nH]1.Nc1nc2c(ncn2[C@@H]2S[C@@H]3COP(O)(=S)O[C@H]4[C@H](F)[C@H](n5cnc6c(N)ccnc65)O[C@@H]4COP(O)(=S)O[C@@H]2[C@@H]3O)c(=O)[nH]1. The lowest BCUT2D eigenvalue weighted by Gasteiger charge is -2.33. The maximum absolute atomic E-state index is 16.1. The number of anilines is 6. The van der Waals surface area contributed by atoms with Gasteiger partial charge in [-0.1, -0.05) is 12.2 Å². The van der Waals surface area contributed by atoms with Gasteiger partial charge in [0.1, 0.15) is 100 Å². The van der Waals surface area contributed by atoms with E-state index in [1.807, 2.05) is 0 Å². The van der Waals surface area contributed by atoms with E-state index in [1.165, 1.54) is 91.5 Å². The molecule has 10 saturated heterocycles. The molecule has 0 radical (unpaired) electrons. The molecular weight excluding hydrogens is 2090 g/mol. The number of hydrogen-bond donors (Lipinski definition) is 18. The van der Waals surface area contributed by atoms with E-state index >= 15 is 8.78 Å². The topological polar surface area (TPSA) is 775 Å². The summed E-state index contributed by atoms with van der Waals surface area (Å²) in [6.07, 6.45) is -13.8. The Morgan fingerprint density at radius 3 is 1.22 bits per heavy atom. The number of hydrogen-bond acceptors (Lipinski definition) is 49. The van der Waals surface area contributed by atoms with Crippen LogP contribution in [0.15, 0.2) is 89.1 Å². The summed E-state index contributed by atoms with van der Waals surface area (Å²) in [4.78, 5) is 150. The number of thioether (sulfide) groups is 2. The fourth-order valence-electron chi connectivity index (χ4n) is 16.7. The normalized spacial score (nSPS) is 38.4. The molecule has 10 fully saturated rings. The van der Waals surface area contributed by atoms with E-state index in [1.54, 1.807) is 10.6 Å². The van der Waals surface area contributed by atoms with E-state index in [4.69, 9.17) is 171 Å². The second-order valence-electron chi connectivity index (χ2n) is 31.5. The van der Waals surface area contributed by atoms with Crippen LogP contribution < -0.4 is 51.1 Å². The quantitative estimate of drug-likeness (QED) is 0.0776. The summed E-state index contributed by atoms with van der Waals surface area (Å²) in [6, 6.07) is 4.68. The van der Waals surface area contributed by atoms with Gasteiger partial charge in [-0.05, 0) is 77.2 Å². The van der Waals surface area contributed by atoms with Gasteiger partial charge in [0.25, 0.3) is 16.7 Å². The van der Waals surface area contributed by atoms with Crippen molar-refractivity contribution in [2.75, 3.05) is 80.7 Å². The first kappa shape index (κ1) is 96.6. The van der Waals surface area contributed by atoms with Gasteiger partial charge in [0.15, 0.2) is 87.7 Å². The third kappa shape index (κ3) is 18.2. The molecule has 8 bridgehead atoms. The summed E-state index contributed by atoms with van der Waals surface area (Å²) in [6.45, 7) is -28.2. The summed E-state index contributed by atoms with van der Waals surface area (Å²) < 4.78 is 153. The third-order valence-corrected chi connectivity index (χ3v) is 35.4. The fourth-order valence-corrected chi connectivity index (χ4v) is 28.8. The zero-order valence-electron chi connectivity index (χ0n) is 68.1.